The van der Waals surface area contributed by atoms with Gasteiger partial charge in [-0.25, -0.2) is 9.37 Å². The lowest BCUT2D eigenvalue weighted by atomic mass is 10.2. The molecule has 0 saturated carbocycles. The predicted octanol–water partition coefficient (Wildman–Crippen LogP) is 3.25. The Morgan fingerprint density at radius 1 is 1.14 bits per heavy atom. The van der Waals surface area contributed by atoms with E-state index in [-0.39, 0.29) is 5.82 Å². The maximum absolute atomic E-state index is 13.7. The third kappa shape index (κ3) is 3.59. The van der Waals surface area contributed by atoms with E-state index in [1.165, 1.54) is 0 Å². The zero-order valence-corrected chi connectivity index (χ0v) is 12.5. The molecule has 0 aliphatic carbocycles. The van der Waals surface area contributed by atoms with Crippen LogP contribution in [0.1, 0.15) is 13.8 Å². The van der Waals surface area contributed by atoms with E-state index in [1.54, 1.807) is 7.05 Å². The van der Waals surface area contributed by atoms with Gasteiger partial charge in [0.1, 0.15) is 0 Å². The summed E-state index contributed by atoms with van der Waals surface area (Å²) in [5, 5.41) is 5.75. The number of nitrogens with one attached hydrogen (secondary N) is 2. The molecule has 5 nitrogen and oxygen atoms in total. The van der Waals surface area contributed by atoms with E-state index in [4.69, 9.17) is 0 Å². The molecule has 0 unspecified atom stereocenters. The van der Waals surface area contributed by atoms with Crippen LogP contribution in [0.4, 0.5) is 27.5 Å². The van der Waals surface area contributed by atoms with Crippen LogP contribution in [0, 0.1) is 5.82 Å². The lowest BCUT2D eigenvalue weighted by Gasteiger charge is -2.21. The minimum absolute atomic E-state index is 0.157. The molecule has 112 valence electrons. The van der Waals surface area contributed by atoms with Gasteiger partial charge < -0.3 is 15.5 Å². The Kier molecular flexibility index (Phi) is 4.92. The molecule has 1 aromatic carbocycles. The Morgan fingerprint density at radius 2 is 1.81 bits per heavy atom. The van der Waals surface area contributed by atoms with Gasteiger partial charge in [0.2, 0.25) is 5.95 Å². The van der Waals surface area contributed by atoms with E-state index in [0.29, 0.717) is 5.95 Å². The molecule has 21 heavy (non-hydrogen) atoms. The van der Waals surface area contributed by atoms with Gasteiger partial charge in [-0.05, 0) is 38.1 Å². The van der Waals surface area contributed by atoms with Crippen molar-refractivity contribution in [3.8, 4) is 0 Å². The van der Waals surface area contributed by atoms with Gasteiger partial charge in [-0.3, -0.25) is 0 Å². The van der Waals surface area contributed by atoms with Gasteiger partial charge in [0.05, 0.1) is 6.20 Å². The molecule has 2 rings (SSSR count). The van der Waals surface area contributed by atoms with Gasteiger partial charge in [-0.1, -0.05) is 0 Å². The van der Waals surface area contributed by atoms with Crippen LogP contribution in [0.2, 0.25) is 0 Å². The van der Waals surface area contributed by atoms with E-state index < -0.39 is 5.82 Å². The first kappa shape index (κ1) is 15.0. The number of rotatable bonds is 6. The van der Waals surface area contributed by atoms with Gasteiger partial charge >= 0.3 is 0 Å². The molecule has 1 aromatic heterocycles. The van der Waals surface area contributed by atoms with Crippen molar-refractivity contribution in [3.63, 3.8) is 0 Å². The smallest absolute Gasteiger partial charge is 0.224 e. The number of benzene rings is 1. The Labute approximate surface area is 124 Å². The summed E-state index contributed by atoms with van der Waals surface area (Å²) in [6.45, 7) is 6.14. The quantitative estimate of drug-likeness (QED) is 0.855. The van der Waals surface area contributed by atoms with Gasteiger partial charge in [-0.2, -0.15) is 4.98 Å². The molecule has 0 radical (unpaired) electrons. The van der Waals surface area contributed by atoms with Crippen LogP contribution in [0.5, 0.6) is 0 Å². The van der Waals surface area contributed by atoms with Crippen molar-refractivity contribution in [2.24, 2.45) is 0 Å². The molecule has 0 bridgehead atoms. The second-order valence-corrected chi connectivity index (χ2v) is 4.48. The second kappa shape index (κ2) is 6.88. The average molecular weight is 289 g/mol. The second-order valence-electron chi connectivity index (χ2n) is 4.48. The third-order valence-electron chi connectivity index (χ3n) is 3.23. The predicted molar refractivity (Wildman–Crippen MR) is 84.8 cm³/mol. The van der Waals surface area contributed by atoms with Gasteiger partial charge in [0.15, 0.2) is 11.6 Å². The van der Waals surface area contributed by atoms with Crippen molar-refractivity contribution in [2.75, 3.05) is 35.7 Å². The monoisotopic (exact) mass is 289 g/mol. The van der Waals surface area contributed by atoms with Gasteiger partial charge in [0.25, 0.3) is 0 Å². The van der Waals surface area contributed by atoms with Crippen molar-refractivity contribution >= 4 is 23.1 Å². The molecule has 0 amide bonds. The molecule has 0 atom stereocenters. The highest BCUT2D eigenvalue weighted by Crippen LogP contribution is 2.22. The van der Waals surface area contributed by atoms with Crippen LogP contribution < -0.4 is 15.5 Å². The van der Waals surface area contributed by atoms with Gasteiger partial charge in [-0.15, -0.1) is 0 Å². The van der Waals surface area contributed by atoms with E-state index >= 15 is 0 Å². The minimum Gasteiger partial charge on any atom is -0.372 e. The SMILES string of the molecule is CCN(CC)c1ccc(Nc2nc(NC)ncc2F)cc1. The van der Waals surface area contributed by atoms with Crippen LogP contribution in [-0.2, 0) is 0 Å². The van der Waals surface area contributed by atoms with Crippen LogP contribution in [0.25, 0.3) is 0 Å². The van der Waals surface area contributed by atoms with Crippen LogP contribution in [-0.4, -0.2) is 30.1 Å². The molecule has 0 spiro atoms. The fourth-order valence-electron chi connectivity index (χ4n) is 2.06. The lowest BCUT2D eigenvalue weighted by molar-refractivity contribution is 0.619. The number of halogens is 1. The standard InChI is InChI=1S/C15H20FN5/c1-4-21(5-2)12-8-6-11(7-9-12)19-14-13(16)10-18-15(17-3)20-14/h6-10H,4-5H2,1-3H3,(H2,17,18,19,20). The normalized spacial score (nSPS) is 10.3. The summed E-state index contributed by atoms with van der Waals surface area (Å²) < 4.78 is 13.7. The first-order chi connectivity index (χ1) is 10.2. The van der Waals surface area contributed by atoms with Crippen molar-refractivity contribution in [2.45, 2.75) is 13.8 Å². The van der Waals surface area contributed by atoms with Crippen LogP contribution >= 0.6 is 0 Å². The highest BCUT2D eigenvalue weighted by atomic mass is 19.1. The van der Waals surface area contributed by atoms with Crippen LogP contribution in [0.3, 0.4) is 0 Å². The number of anilines is 4. The molecule has 6 heteroatoms. The highest BCUT2D eigenvalue weighted by molar-refractivity contribution is 5.61. The summed E-state index contributed by atoms with van der Waals surface area (Å²) in [6.07, 6.45) is 1.14. The highest BCUT2D eigenvalue weighted by Gasteiger charge is 2.07. The summed E-state index contributed by atoms with van der Waals surface area (Å²) in [6, 6.07) is 7.84. The molecule has 0 aliphatic heterocycles. The third-order valence-corrected chi connectivity index (χ3v) is 3.23. The summed E-state index contributed by atoms with van der Waals surface area (Å²) in [5.74, 6) is 0.0467. The fourth-order valence-corrected chi connectivity index (χ4v) is 2.06. The molecular formula is C15H20FN5. The first-order valence-corrected chi connectivity index (χ1v) is 7.00. The van der Waals surface area contributed by atoms with Gasteiger partial charge in [0, 0.05) is 31.5 Å². The minimum atomic E-state index is -0.484. The Morgan fingerprint density at radius 3 is 2.38 bits per heavy atom. The molecule has 1 heterocycles. The Balaban J connectivity index is 2.17. The van der Waals surface area contributed by atoms with Crippen molar-refractivity contribution < 1.29 is 4.39 Å². The van der Waals surface area contributed by atoms with Crippen molar-refractivity contribution in [1.29, 1.82) is 0 Å². The zero-order valence-electron chi connectivity index (χ0n) is 12.5. The molecule has 0 aliphatic rings. The van der Waals surface area contributed by atoms with Crippen molar-refractivity contribution in [1.82, 2.24) is 9.97 Å². The molecule has 2 aromatic rings. The largest absolute Gasteiger partial charge is 0.372 e. The van der Waals surface area contributed by atoms with Crippen LogP contribution in [0.15, 0.2) is 30.5 Å². The summed E-state index contributed by atoms with van der Waals surface area (Å²) >= 11 is 0. The van der Waals surface area contributed by atoms with Crippen molar-refractivity contribution in [3.05, 3.63) is 36.3 Å². The molecule has 2 N–H and O–H groups in total. The molecule has 0 saturated heterocycles. The average Bonchev–Trinajstić information content (AvgIpc) is 2.52. The zero-order chi connectivity index (χ0) is 15.2. The lowest BCUT2D eigenvalue weighted by Crippen LogP contribution is -2.21. The number of hydrogen-bond donors (Lipinski definition) is 2. The first-order valence-electron chi connectivity index (χ1n) is 7.00. The topological polar surface area (TPSA) is 53.1 Å². The number of nitrogens with zero attached hydrogens (tertiary/aromatic N) is 3. The number of aromatic nitrogens is 2. The summed E-state index contributed by atoms with van der Waals surface area (Å²) in [5.41, 5.74) is 1.93. The summed E-state index contributed by atoms with van der Waals surface area (Å²) in [7, 11) is 1.69. The van der Waals surface area contributed by atoms with E-state index in [9.17, 15) is 4.39 Å². The van der Waals surface area contributed by atoms with E-state index in [2.05, 4.69) is 39.3 Å². The maximum Gasteiger partial charge on any atom is 0.224 e. The summed E-state index contributed by atoms with van der Waals surface area (Å²) in [4.78, 5) is 10.1. The molecule has 0 fully saturated rings. The maximum atomic E-state index is 13.7. The number of hydrogen-bond acceptors (Lipinski definition) is 5. The fraction of sp³-hybridized carbons (Fsp3) is 0.333. The van der Waals surface area contributed by atoms with E-state index in [0.717, 1.165) is 30.7 Å². The van der Waals surface area contributed by atoms with E-state index in [1.807, 2.05) is 24.3 Å². The Bertz CT molecular complexity index is 581. The Hall–Kier alpha value is -2.37. The molecular weight excluding hydrogens is 269 g/mol.